The third-order valence-corrected chi connectivity index (χ3v) is 3.35. The van der Waals surface area contributed by atoms with E-state index < -0.39 is 4.92 Å². The Labute approximate surface area is 122 Å². The molecule has 112 valence electrons. The molecule has 1 aromatic carbocycles. The molecular formula is C14H18N4O3. The van der Waals surface area contributed by atoms with Gasteiger partial charge in [-0.05, 0) is 17.9 Å². The first-order chi connectivity index (χ1) is 9.93. The van der Waals surface area contributed by atoms with Crippen LogP contribution in [0.1, 0.15) is 20.3 Å². The molecule has 0 atom stereocenters. The van der Waals surface area contributed by atoms with Gasteiger partial charge < -0.3 is 10.4 Å². The number of nitrogens with one attached hydrogen (secondary N) is 1. The summed E-state index contributed by atoms with van der Waals surface area (Å²) in [6, 6.07) is 4.50. The van der Waals surface area contributed by atoms with Crippen LogP contribution in [-0.4, -0.2) is 33.1 Å². The lowest BCUT2D eigenvalue weighted by atomic mass is 9.90. The number of aliphatic hydroxyl groups is 1. The Balaban J connectivity index is 2.31. The maximum atomic E-state index is 10.9. The van der Waals surface area contributed by atoms with E-state index in [0.717, 1.165) is 0 Å². The molecule has 0 spiro atoms. The normalized spacial score (nSPS) is 11.6. The predicted octanol–water partition coefficient (Wildman–Crippen LogP) is 2.36. The first-order valence-corrected chi connectivity index (χ1v) is 6.67. The summed E-state index contributed by atoms with van der Waals surface area (Å²) in [5.41, 5.74) is 0.556. The lowest BCUT2D eigenvalue weighted by molar-refractivity contribution is -0.384. The number of hydrogen-bond donors (Lipinski definition) is 2. The maximum Gasteiger partial charge on any atom is 0.270 e. The lowest BCUT2D eigenvalue weighted by Crippen LogP contribution is -2.24. The highest BCUT2D eigenvalue weighted by molar-refractivity contribution is 5.90. The summed E-state index contributed by atoms with van der Waals surface area (Å²) in [5.74, 6) is 0.565. The third kappa shape index (κ3) is 3.63. The highest BCUT2D eigenvalue weighted by Crippen LogP contribution is 2.26. The second-order valence-electron chi connectivity index (χ2n) is 5.67. The zero-order chi connectivity index (χ0) is 15.5. The number of non-ortho nitro benzene ring substituents is 1. The number of nitro benzene ring substituents is 1. The first-order valence-electron chi connectivity index (χ1n) is 6.67. The van der Waals surface area contributed by atoms with Gasteiger partial charge in [-0.1, -0.05) is 13.8 Å². The van der Waals surface area contributed by atoms with E-state index in [1.54, 1.807) is 6.07 Å². The molecule has 0 unspecified atom stereocenters. The SMILES string of the molecule is CC(C)(CCO)CNc1ncnc2ccc([N+](=O)[O-])cc12. The average molecular weight is 290 g/mol. The molecule has 1 aromatic heterocycles. The van der Waals surface area contributed by atoms with Crippen LogP contribution >= 0.6 is 0 Å². The van der Waals surface area contributed by atoms with Crippen LogP contribution in [0.3, 0.4) is 0 Å². The quantitative estimate of drug-likeness (QED) is 0.625. The van der Waals surface area contributed by atoms with E-state index in [9.17, 15) is 10.1 Å². The van der Waals surface area contributed by atoms with Crippen molar-refractivity contribution in [1.82, 2.24) is 9.97 Å². The number of nitro groups is 1. The molecule has 2 N–H and O–H groups in total. The number of nitrogens with zero attached hydrogens (tertiary/aromatic N) is 3. The van der Waals surface area contributed by atoms with Crippen LogP contribution in [0, 0.1) is 15.5 Å². The van der Waals surface area contributed by atoms with E-state index in [4.69, 9.17) is 5.11 Å². The molecule has 1 heterocycles. The minimum absolute atomic E-state index is 0.00923. The molecule has 0 aliphatic rings. The van der Waals surface area contributed by atoms with Crippen LogP contribution in [0.4, 0.5) is 11.5 Å². The van der Waals surface area contributed by atoms with E-state index in [0.29, 0.717) is 29.7 Å². The second kappa shape index (κ2) is 6.01. The number of anilines is 1. The predicted molar refractivity (Wildman–Crippen MR) is 80.2 cm³/mol. The number of aliphatic hydroxyl groups excluding tert-OH is 1. The van der Waals surface area contributed by atoms with E-state index in [1.165, 1.54) is 18.5 Å². The van der Waals surface area contributed by atoms with Crippen molar-refractivity contribution in [2.24, 2.45) is 5.41 Å². The van der Waals surface area contributed by atoms with E-state index in [-0.39, 0.29) is 17.7 Å². The Bertz CT molecular complexity index is 658. The number of aromatic nitrogens is 2. The molecule has 0 bridgehead atoms. The van der Waals surface area contributed by atoms with Crippen molar-refractivity contribution in [3.8, 4) is 0 Å². The van der Waals surface area contributed by atoms with Gasteiger partial charge in [-0.2, -0.15) is 0 Å². The molecule has 0 saturated heterocycles. The number of fused-ring (bicyclic) bond motifs is 1. The second-order valence-corrected chi connectivity index (χ2v) is 5.67. The molecule has 7 heteroatoms. The van der Waals surface area contributed by atoms with Crippen molar-refractivity contribution in [2.45, 2.75) is 20.3 Å². The smallest absolute Gasteiger partial charge is 0.270 e. The third-order valence-electron chi connectivity index (χ3n) is 3.35. The topological polar surface area (TPSA) is 101 Å². The van der Waals surface area contributed by atoms with E-state index >= 15 is 0 Å². The molecule has 2 rings (SSSR count). The molecule has 7 nitrogen and oxygen atoms in total. The molecule has 0 fully saturated rings. The van der Waals surface area contributed by atoms with Gasteiger partial charge in [0.1, 0.15) is 12.1 Å². The zero-order valence-electron chi connectivity index (χ0n) is 12.0. The summed E-state index contributed by atoms with van der Waals surface area (Å²) in [4.78, 5) is 18.7. The molecule has 0 radical (unpaired) electrons. The summed E-state index contributed by atoms with van der Waals surface area (Å²) in [6.45, 7) is 4.77. The Morgan fingerprint density at radius 3 is 2.81 bits per heavy atom. The Kier molecular flexibility index (Phi) is 4.32. The Hall–Kier alpha value is -2.28. The van der Waals surface area contributed by atoms with E-state index in [2.05, 4.69) is 15.3 Å². The van der Waals surface area contributed by atoms with Crippen molar-refractivity contribution in [3.63, 3.8) is 0 Å². The fourth-order valence-electron chi connectivity index (χ4n) is 2.01. The van der Waals surface area contributed by atoms with Crippen LogP contribution in [0.25, 0.3) is 10.9 Å². The fraction of sp³-hybridized carbons (Fsp3) is 0.429. The molecule has 21 heavy (non-hydrogen) atoms. The van der Waals surface area contributed by atoms with Crippen molar-refractivity contribution in [2.75, 3.05) is 18.5 Å². The van der Waals surface area contributed by atoms with Gasteiger partial charge in [-0.3, -0.25) is 10.1 Å². The van der Waals surface area contributed by atoms with Crippen LogP contribution < -0.4 is 5.32 Å². The first kappa shape index (κ1) is 15.1. The molecule has 0 aliphatic carbocycles. The van der Waals surface area contributed by atoms with Gasteiger partial charge in [0.15, 0.2) is 0 Å². The molecular weight excluding hydrogens is 272 g/mol. The minimum Gasteiger partial charge on any atom is -0.396 e. The highest BCUT2D eigenvalue weighted by atomic mass is 16.6. The van der Waals surface area contributed by atoms with Gasteiger partial charge in [0.2, 0.25) is 0 Å². The van der Waals surface area contributed by atoms with Crippen molar-refractivity contribution >= 4 is 22.4 Å². The summed E-state index contributed by atoms with van der Waals surface area (Å²) in [6.07, 6.45) is 2.08. The maximum absolute atomic E-state index is 10.9. The van der Waals surface area contributed by atoms with Gasteiger partial charge in [0.25, 0.3) is 5.69 Å². The van der Waals surface area contributed by atoms with Gasteiger partial charge >= 0.3 is 0 Å². The highest BCUT2D eigenvalue weighted by Gasteiger charge is 2.18. The van der Waals surface area contributed by atoms with Crippen LogP contribution in [0.5, 0.6) is 0 Å². The molecule has 0 aliphatic heterocycles. The van der Waals surface area contributed by atoms with Crippen molar-refractivity contribution in [3.05, 3.63) is 34.6 Å². The zero-order valence-corrected chi connectivity index (χ0v) is 12.0. The van der Waals surface area contributed by atoms with Crippen LogP contribution in [0.15, 0.2) is 24.5 Å². The number of hydrogen-bond acceptors (Lipinski definition) is 6. The van der Waals surface area contributed by atoms with E-state index in [1.807, 2.05) is 13.8 Å². The van der Waals surface area contributed by atoms with Crippen LogP contribution in [0.2, 0.25) is 0 Å². The molecule has 0 amide bonds. The lowest BCUT2D eigenvalue weighted by Gasteiger charge is -2.24. The molecule has 0 saturated carbocycles. The monoisotopic (exact) mass is 290 g/mol. The summed E-state index contributed by atoms with van der Waals surface area (Å²) >= 11 is 0. The van der Waals surface area contributed by atoms with Gasteiger partial charge in [-0.25, -0.2) is 9.97 Å². The summed E-state index contributed by atoms with van der Waals surface area (Å²) < 4.78 is 0. The van der Waals surface area contributed by atoms with Crippen molar-refractivity contribution < 1.29 is 10.0 Å². The van der Waals surface area contributed by atoms with Gasteiger partial charge in [0.05, 0.1) is 10.4 Å². The fourth-order valence-corrected chi connectivity index (χ4v) is 2.01. The number of benzene rings is 1. The standard InChI is InChI=1S/C14H18N4O3/c1-14(2,5-6-19)8-15-13-11-7-10(18(20)21)3-4-12(11)16-9-17-13/h3-4,7,9,19H,5-6,8H2,1-2H3,(H,15,16,17). The van der Waals surface area contributed by atoms with Gasteiger partial charge in [0, 0.05) is 30.7 Å². The van der Waals surface area contributed by atoms with Gasteiger partial charge in [-0.15, -0.1) is 0 Å². The summed E-state index contributed by atoms with van der Waals surface area (Å²) in [5, 5.41) is 23.7. The minimum atomic E-state index is -0.439. The number of rotatable bonds is 6. The van der Waals surface area contributed by atoms with Crippen molar-refractivity contribution in [1.29, 1.82) is 0 Å². The Morgan fingerprint density at radius 2 is 2.14 bits per heavy atom. The largest absolute Gasteiger partial charge is 0.396 e. The van der Waals surface area contributed by atoms with Crippen LogP contribution in [-0.2, 0) is 0 Å². The average Bonchev–Trinajstić information content (AvgIpc) is 2.44. The summed E-state index contributed by atoms with van der Waals surface area (Å²) in [7, 11) is 0. The molecule has 2 aromatic rings. The Morgan fingerprint density at radius 1 is 1.38 bits per heavy atom.